The minimum Gasteiger partial charge on any atom is -0.303 e. The largest absolute Gasteiger partial charge is 0.303 e. The third kappa shape index (κ3) is 2.63. The first-order chi connectivity index (χ1) is 7.33. The van der Waals surface area contributed by atoms with Crippen molar-refractivity contribution in [2.75, 3.05) is 19.6 Å². The van der Waals surface area contributed by atoms with Crippen molar-refractivity contribution >= 4 is 0 Å². The van der Waals surface area contributed by atoms with Gasteiger partial charge in [0.05, 0.1) is 0 Å². The summed E-state index contributed by atoms with van der Waals surface area (Å²) < 4.78 is 0. The van der Waals surface area contributed by atoms with E-state index in [9.17, 15) is 0 Å². The van der Waals surface area contributed by atoms with E-state index in [1.807, 2.05) is 0 Å². The summed E-state index contributed by atoms with van der Waals surface area (Å²) in [5.74, 6) is 1.97. The molecule has 1 aliphatic heterocycles. The number of allylic oxidation sites excluding steroid dienone is 2. The van der Waals surface area contributed by atoms with Crippen LogP contribution in [0.3, 0.4) is 0 Å². The molecule has 0 amide bonds. The first-order valence-electron chi connectivity index (χ1n) is 6.73. The van der Waals surface area contributed by atoms with Gasteiger partial charge < -0.3 is 4.90 Å². The molecule has 1 saturated heterocycles. The smallest absolute Gasteiger partial charge is 0.00158 e. The standard InChI is InChI=1S/C14H25N/c1-3-5-12-6-8-13-10-15(4-2)11-14(13)9-7-12/h6,13-14H,3-5,7-11H2,1-2H3. The molecule has 1 fully saturated rings. The first-order valence-corrected chi connectivity index (χ1v) is 6.73. The van der Waals surface area contributed by atoms with Gasteiger partial charge in [0, 0.05) is 13.1 Å². The van der Waals surface area contributed by atoms with E-state index < -0.39 is 0 Å². The van der Waals surface area contributed by atoms with E-state index in [4.69, 9.17) is 0 Å². The lowest BCUT2D eigenvalue weighted by molar-refractivity contribution is 0.336. The highest BCUT2D eigenvalue weighted by atomic mass is 15.1. The Balaban J connectivity index is 1.92. The van der Waals surface area contributed by atoms with Crippen molar-refractivity contribution in [3.8, 4) is 0 Å². The quantitative estimate of drug-likeness (QED) is 0.641. The van der Waals surface area contributed by atoms with Crippen LogP contribution in [0, 0.1) is 11.8 Å². The van der Waals surface area contributed by atoms with Gasteiger partial charge in [0.15, 0.2) is 0 Å². The molecule has 0 bridgehead atoms. The SMILES string of the molecule is CCCC1=CCC2CN(CC)CC2CC1. The number of hydrogen-bond acceptors (Lipinski definition) is 1. The Morgan fingerprint density at radius 1 is 1.27 bits per heavy atom. The minimum atomic E-state index is 0.972. The molecule has 1 aliphatic carbocycles. The molecule has 0 aromatic rings. The fraction of sp³-hybridized carbons (Fsp3) is 0.857. The molecule has 0 aromatic carbocycles. The molecule has 1 nitrogen and oxygen atoms in total. The zero-order valence-corrected chi connectivity index (χ0v) is 10.3. The van der Waals surface area contributed by atoms with Crippen molar-refractivity contribution in [2.24, 2.45) is 11.8 Å². The predicted molar refractivity (Wildman–Crippen MR) is 65.9 cm³/mol. The second-order valence-electron chi connectivity index (χ2n) is 5.26. The zero-order chi connectivity index (χ0) is 10.7. The van der Waals surface area contributed by atoms with Crippen LogP contribution in [-0.4, -0.2) is 24.5 Å². The molecule has 15 heavy (non-hydrogen) atoms. The lowest BCUT2D eigenvalue weighted by atomic mass is 9.91. The van der Waals surface area contributed by atoms with E-state index in [1.54, 1.807) is 5.57 Å². The average Bonchev–Trinajstić information content (AvgIpc) is 2.56. The highest BCUT2D eigenvalue weighted by Crippen LogP contribution is 2.35. The van der Waals surface area contributed by atoms with E-state index in [-0.39, 0.29) is 0 Å². The van der Waals surface area contributed by atoms with Crippen LogP contribution in [0.4, 0.5) is 0 Å². The molecule has 0 aromatic heterocycles. The van der Waals surface area contributed by atoms with Crippen LogP contribution in [0.25, 0.3) is 0 Å². The van der Waals surface area contributed by atoms with Crippen LogP contribution in [0.5, 0.6) is 0 Å². The topological polar surface area (TPSA) is 3.24 Å². The van der Waals surface area contributed by atoms with Crippen LogP contribution < -0.4 is 0 Å². The van der Waals surface area contributed by atoms with Gasteiger partial charge in [-0.15, -0.1) is 0 Å². The summed E-state index contributed by atoms with van der Waals surface area (Å²) in [5, 5.41) is 0. The summed E-state index contributed by atoms with van der Waals surface area (Å²) in [6, 6.07) is 0. The van der Waals surface area contributed by atoms with Gasteiger partial charge in [0.25, 0.3) is 0 Å². The summed E-state index contributed by atoms with van der Waals surface area (Å²) in [4.78, 5) is 2.63. The Kier molecular flexibility index (Phi) is 3.85. The Labute approximate surface area is 94.5 Å². The van der Waals surface area contributed by atoms with Gasteiger partial charge in [-0.1, -0.05) is 31.9 Å². The predicted octanol–water partition coefficient (Wildman–Crippen LogP) is 3.46. The molecule has 2 rings (SSSR count). The lowest BCUT2D eigenvalue weighted by Gasteiger charge is -2.13. The monoisotopic (exact) mass is 207 g/mol. The normalized spacial score (nSPS) is 32.3. The van der Waals surface area contributed by atoms with Crippen LogP contribution in [-0.2, 0) is 0 Å². The fourth-order valence-corrected chi connectivity index (χ4v) is 3.23. The highest BCUT2D eigenvalue weighted by Gasteiger charge is 2.32. The number of fused-ring (bicyclic) bond motifs is 1. The molecule has 2 atom stereocenters. The number of likely N-dealkylation sites (tertiary alicyclic amines) is 1. The lowest BCUT2D eigenvalue weighted by Crippen LogP contribution is -2.20. The van der Waals surface area contributed by atoms with Gasteiger partial charge >= 0.3 is 0 Å². The van der Waals surface area contributed by atoms with Crippen molar-refractivity contribution in [3.63, 3.8) is 0 Å². The Hall–Kier alpha value is -0.300. The van der Waals surface area contributed by atoms with Gasteiger partial charge in [-0.25, -0.2) is 0 Å². The number of hydrogen-bond donors (Lipinski definition) is 0. The van der Waals surface area contributed by atoms with Crippen LogP contribution in [0.1, 0.15) is 46.0 Å². The van der Waals surface area contributed by atoms with Gasteiger partial charge in [-0.3, -0.25) is 0 Å². The summed E-state index contributed by atoms with van der Waals surface area (Å²) in [6.45, 7) is 8.57. The summed E-state index contributed by atoms with van der Waals surface area (Å²) in [6.07, 6.45) is 9.42. The molecule has 0 radical (unpaired) electrons. The highest BCUT2D eigenvalue weighted by molar-refractivity contribution is 5.07. The molecule has 2 unspecified atom stereocenters. The maximum absolute atomic E-state index is 2.63. The third-order valence-electron chi connectivity index (χ3n) is 4.22. The molecule has 2 aliphatic rings. The molecular weight excluding hydrogens is 182 g/mol. The van der Waals surface area contributed by atoms with E-state index in [0.29, 0.717) is 0 Å². The molecule has 1 heteroatoms. The van der Waals surface area contributed by atoms with Gasteiger partial charge in [-0.05, 0) is 44.1 Å². The van der Waals surface area contributed by atoms with Crippen LogP contribution in [0.15, 0.2) is 11.6 Å². The summed E-state index contributed by atoms with van der Waals surface area (Å²) >= 11 is 0. The molecule has 0 saturated carbocycles. The van der Waals surface area contributed by atoms with Crippen molar-refractivity contribution in [2.45, 2.75) is 46.0 Å². The fourth-order valence-electron chi connectivity index (χ4n) is 3.23. The van der Waals surface area contributed by atoms with Crippen molar-refractivity contribution < 1.29 is 0 Å². The Morgan fingerprint density at radius 2 is 2.07 bits per heavy atom. The van der Waals surface area contributed by atoms with E-state index in [1.165, 1.54) is 51.7 Å². The number of nitrogens with zero attached hydrogens (tertiary/aromatic N) is 1. The van der Waals surface area contributed by atoms with Crippen molar-refractivity contribution in [3.05, 3.63) is 11.6 Å². The van der Waals surface area contributed by atoms with E-state index in [2.05, 4.69) is 24.8 Å². The Morgan fingerprint density at radius 3 is 2.80 bits per heavy atom. The summed E-state index contributed by atoms with van der Waals surface area (Å²) in [5.41, 5.74) is 1.75. The van der Waals surface area contributed by atoms with Gasteiger partial charge in [0.2, 0.25) is 0 Å². The number of rotatable bonds is 3. The van der Waals surface area contributed by atoms with Crippen LogP contribution >= 0.6 is 0 Å². The second kappa shape index (κ2) is 5.16. The van der Waals surface area contributed by atoms with E-state index in [0.717, 1.165) is 11.8 Å². The zero-order valence-electron chi connectivity index (χ0n) is 10.3. The Bertz CT molecular complexity index is 231. The third-order valence-corrected chi connectivity index (χ3v) is 4.22. The summed E-state index contributed by atoms with van der Waals surface area (Å²) in [7, 11) is 0. The average molecular weight is 207 g/mol. The second-order valence-corrected chi connectivity index (χ2v) is 5.26. The van der Waals surface area contributed by atoms with Gasteiger partial charge in [-0.2, -0.15) is 0 Å². The molecular formula is C14H25N. The van der Waals surface area contributed by atoms with Crippen molar-refractivity contribution in [1.29, 1.82) is 0 Å². The van der Waals surface area contributed by atoms with Crippen molar-refractivity contribution in [1.82, 2.24) is 4.90 Å². The molecule has 0 N–H and O–H groups in total. The maximum atomic E-state index is 2.63. The first kappa shape index (κ1) is 11.2. The van der Waals surface area contributed by atoms with E-state index >= 15 is 0 Å². The molecule has 0 spiro atoms. The van der Waals surface area contributed by atoms with Crippen LogP contribution in [0.2, 0.25) is 0 Å². The van der Waals surface area contributed by atoms with Gasteiger partial charge in [0.1, 0.15) is 0 Å². The maximum Gasteiger partial charge on any atom is 0.00158 e. The molecule has 1 heterocycles. The minimum absolute atomic E-state index is 0.972. The molecule has 86 valence electrons.